The van der Waals surface area contributed by atoms with E-state index in [0.717, 1.165) is 11.4 Å². The molecule has 1 aromatic heterocycles. The molecular weight excluding hydrogens is 486 g/mol. The fraction of sp³-hybridized carbons (Fsp3) is 0.320. The van der Waals surface area contributed by atoms with Crippen LogP contribution in [0.15, 0.2) is 60.9 Å². The number of nitrogens with zero attached hydrogens (tertiary/aromatic N) is 5. The van der Waals surface area contributed by atoms with Crippen molar-refractivity contribution in [1.29, 1.82) is 5.26 Å². The molecule has 1 atom stereocenters. The lowest BCUT2D eigenvalue weighted by atomic mass is 10.1. The Morgan fingerprint density at radius 3 is 2.63 bits per heavy atom. The first-order valence-electron chi connectivity index (χ1n) is 11.2. The summed E-state index contributed by atoms with van der Waals surface area (Å²) in [6.45, 7) is 1.49. The maximum Gasteiger partial charge on any atom is 0.241 e. The third kappa shape index (κ3) is 6.48. The Kier molecular flexibility index (Phi) is 7.55. The van der Waals surface area contributed by atoms with Crippen LogP contribution in [-0.4, -0.2) is 59.9 Å². The topological polar surface area (TPSA) is 99.3 Å². The Morgan fingerprint density at radius 2 is 1.94 bits per heavy atom. The van der Waals surface area contributed by atoms with Crippen LogP contribution in [-0.2, 0) is 27.7 Å². The zero-order valence-corrected chi connectivity index (χ0v) is 20.9. The number of halogens is 1. The van der Waals surface area contributed by atoms with E-state index in [0.29, 0.717) is 42.3 Å². The van der Waals surface area contributed by atoms with Gasteiger partial charge in [0, 0.05) is 48.5 Å². The lowest BCUT2D eigenvalue weighted by molar-refractivity contribution is -0.122. The molecular formula is C25H26ClN5O3S. The van der Waals surface area contributed by atoms with Crippen LogP contribution >= 0.6 is 11.6 Å². The van der Waals surface area contributed by atoms with Crippen LogP contribution in [0.4, 0.5) is 5.69 Å². The Hall–Kier alpha value is -3.19. The van der Waals surface area contributed by atoms with E-state index in [1.54, 1.807) is 41.4 Å². The van der Waals surface area contributed by atoms with E-state index in [1.165, 1.54) is 6.26 Å². The highest BCUT2D eigenvalue weighted by atomic mass is 35.5. The summed E-state index contributed by atoms with van der Waals surface area (Å²) in [6.07, 6.45) is 5.22. The molecule has 8 nitrogen and oxygen atoms in total. The SMILES string of the molecule is CS(=O)(=O)CC[C@H]1CN(c2cccc(Cl)c2)C(=O)CN1Cc1nccn1Cc1ccc(C#N)cc1. The largest absolute Gasteiger partial charge is 0.329 e. The summed E-state index contributed by atoms with van der Waals surface area (Å²) in [7, 11) is -3.16. The number of benzene rings is 2. The van der Waals surface area contributed by atoms with Crippen LogP contribution in [0, 0.1) is 11.3 Å². The Balaban J connectivity index is 1.54. The maximum atomic E-state index is 13.1. The van der Waals surface area contributed by atoms with Crippen molar-refractivity contribution in [3.63, 3.8) is 0 Å². The van der Waals surface area contributed by atoms with Gasteiger partial charge in [-0.2, -0.15) is 5.26 Å². The number of amides is 1. The van der Waals surface area contributed by atoms with Gasteiger partial charge in [-0.1, -0.05) is 29.8 Å². The zero-order chi connectivity index (χ0) is 25.0. The van der Waals surface area contributed by atoms with Crippen molar-refractivity contribution in [2.75, 3.05) is 30.0 Å². The molecule has 0 bridgehead atoms. The lowest BCUT2D eigenvalue weighted by Gasteiger charge is -2.41. The highest BCUT2D eigenvalue weighted by molar-refractivity contribution is 7.90. The van der Waals surface area contributed by atoms with E-state index in [2.05, 4.69) is 11.1 Å². The molecule has 2 aromatic carbocycles. The Bertz CT molecular complexity index is 1350. The highest BCUT2D eigenvalue weighted by Gasteiger charge is 2.34. The Labute approximate surface area is 210 Å². The van der Waals surface area contributed by atoms with Crippen LogP contribution in [0.25, 0.3) is 0 Å². The third-order valence-electron chi connectivity index (χ3n) is 6.07. The number of nitriles is 1. The number of carbonyl (C=O) groups is 1. The molecule has 10 heteroatoms. The molecule has 1 aliphatic heterocycles. The van der Waals surface area contributed by atoms with Gasteiger partial charge in [0.15, 0.2) is 0 Å². The van der Waals surface area contributed by atoms with Gasteiger partial charge in [0.2, 0.25) is 5.91 Å². The number of piperazine rings is 1. The standard InChI is InChI=1S/C25H26ClN5O3S/c1-35(33,34)12-9-23-16-31(22-4-2-3-21(26)13-22)25(32)18-30(23)17-24-28-10-11-29(24)15-20-7-5-19(14-27)6-8-20/h2-8,10-11,13,23H,9,12,15-18H2,1H3/t23-/m0/s1. The van der Waals surface area contributed by atoms with Crippen molar-refractivity contribution in [1.82, 2.24) is 14.5 Å². The summed E-state index contributed by atoms with van der Waals surface area (Å²) < 4.78 is 25.8. The van der Waals surface area contributed by atoms with Gasteiger partial charge < -0.3 is 9.47 Å². The molecule has 0 unspecified atom stereocenters. The minimum Gasteiger partial charge on any atom is -0.329 e. The fourth-order valence-corrected chi connectivity index (χ4v) is 5.10. The summed E-state index contributed by atoms with van der Waals surface area (Å²) in [5.74, 6) is 0.738. The molecule has 0 aliphatic carbocycles. The van der Waals surface area contributed by atoms with Gasteiger partial charge in [0.05, 0.1) is 30.5 Å². The van der Waals surface area contributed by atoms with Crippen LogP contribution in [0.3, 0.4) is 0 Å². The van der Waals surface area contributed by atoms with Crippen LogP contribution in [0.2, 0.25) is 5.02 Å². The third-order valence-corrected chi connectivity index (χ3v) is 7.29. The maximum absolute atomic E-state index is 13.1. The van der Waals surface area contributed by atoms with Gasteiger partial charge in [0.1, 0.15) is 15.7 Å². The lowest BCUT2D eigenvalue weighted by Crippen LogP contribution is -2.56. The first-order valence-corrected chi connectivity index (χ1v) is 13.6. The molecule has 1 fully saturated rings. The molecule has 1 aliphatic rings. The highest BCUT2D eigenvalue weighted by Crippen LogP contribution is 2.25. The Morgan fingerprint density at radius 1 is 1.17 bits per heavy atom. The molecule has 0 radical (unpaired) electrons. The number of hydrogen-bond acceptors (Lipinski definition) is 6. The molecule has 1 amide bonds. The number of carbonyl (C=O) groups excluding carboxylic acids is 1. The van der Waals surface area contributed by atoms with E-state index in [4.69, 9.17) is 16.9 Å². The van der Waals surface area contributed by atoms with E-state index in [1.807, 2.05) is 33.9 Å². The van der Waals surface area contributed by atoms with E-state index in [-0.39, 0.29) is 24.2 Å². The quantitative estimate of drug-likeness (QED) is 0.461. The minimum absolute atomic E-state index is 0.0332. The van der Waals surface area contributed by atoms with Crippen molar-refractivity contribution in [3.05, 3.63) is 82.9 Å². The van der Waals surface area contributed by atoms with Crippen LogP contribution < -0.4 is 4.90 Å². The average molecular weight is 512 g/mol. The second kappa shape index (κ2) is 10.6. The number of sulfone groups is 1. The molecule has 0 saturated carbocycles. The second-order valence-electron chi connectivity index (χ2n) is 8.74. The summed E-state index contributed by atoms with van der Waals surface area (Å²) >= 11 is 6.14. The first kappa shape index (κ1) is 24.9. The first-order chi connectivity index (χ1) is 16.7. The average Bonchev–Trinajstić information content (AvgIpc) is 3.25. The molecule has 1 saturated heterocycles. The summed E-state index contributed by atoms with van der Waals surface area (Å²) in [5.41, 5.74) is 2.33. The summed E-state index contributed by atoms with van der Waals surface area (Å²) in [4.78, 5) is 21.3. The van der Waals surface area contributed by atoms with Crippen molar-refractivity contribution < 1.29 is 13.2 Å². The van der Waals surface area contributed by atoms with E-state index in [9.17, 15) is 13.2 Å². The van der Waals surface area contributed by atoms with E-state index >= 15 is 0 Å². The molecule has 0 spiro atoms. The molecule has 0 N–H and O–H groups in total. The van der Waals surface area contributed by atoms with Gasteiger partial charge in [-0.25, -0.2) is 13.4 Å². The minimum atomic E-state index is -3.16. The van der Waals surface area contributed by atoms with Crippen molar-refractivity contribution >= 4 is 33.0 Å². The van der Waals surface area contributed by atoms with Gasteiger partial charge in [-0.3, -0.25) is 9.69 Å². The van der Waals surface area contributed by atoms with Crippen molar-refractivity contribution in [2.45, 2.75) is 25.6 Å². The number of rotatable bonds is 8. The van der Waals surface area contributed by atoms with Crippen molar-refractivity contribution in [3.8, 4) is 6.07 Å². The predicted molar refractivity (Wildman–Crippen MR) is 135 cm³/mol. The second-order valence-corrected chi connectivity index (χ2v) is 11.4. The number of aromatic nitrogens is 2. The molecule has 182 valence electrons. The molecule has 35 heavy (non-hydrogen) atoms. The summed E-state index contributed by atoms with van der Waals surface area (Å²) in [5, 5.41) is 9.55. The number of imidazole rings is 1. The molecule has 2 heterocycles. The predicted octanol–water partition coefficient (Wildman–Crippen LogP) is 3.11. The number of hydrogen-bond donors (Lipinski definition) is 0. The van der Waals surface area contributed by atoms with Crippen molar-refractivity contribution in [2.24, 2.45) is 0 Å². The number of anilines is 1. The van der Waals surface area contributed by atoms with Gasteiger partial charge in [-0.15, -0.1) is 0 Å². The fourth-order valence-electron chi connectivity index (χ4n) is 4.22. The van der Waals surface area contributed by atoms with Gasteiger partial charge >= 0.3 is 0 Å². The van der Waals surface area contributed by atoms with E-state index < -0.39 is 9.84 Å². The smallest absolute Gasteiger partial charge is 0.241 e. The van der Waals surface area contributed by atoms with Gasteiger partial charge in [0.25, 0.3) is 0 Å². The zero-order valence-electron chi connectivity index (χ0n) is 19.3. The van der Waals surface area contributed by atoms with Crippen LogP contribution in [0.1, 0.15) is 23.4 Å². The molecule has 3 aromatic rings. The summed E-state index contributed by atoms with van der Waals surface area (Å²) in [6, 6.07) is 16.4. The van der Waals surface area contributed by atoms with Crippen LogP contribution in [0.5, 0.6) is 0 Å². The molecule has 4 rings (SSSR count). The van der Waals surface area contributed by atoms with Gasteiger partial charge in [-0.05, 0) is 42.3 Å². The normalized spacial score (nSPS) is 16.9. The monoisotopic (exact) mass is 511 g/mol.